The molecule has 188 valence electrons. The molecule has 0 amide bonds. The summed E-state index contributed by atoms with van der Waals surface area (Å²) in [4.78, 5) is 32.0. The molecule has 0 radical (unpaired) electrons. The molecule has 1 atom stereocenters. The molecule has 0 saturated carbocycles. The number of hydrogen-bond donors (Lipinski definition) is 1. The number of benzene rings is 3. The van der Waals surface area contributed by atoms with Gasteiger partial charge >= 0.3 is 5.97 Å². The number of aromatic nitrogens is 1. The molecule has 1 aliphatic heterocycles. The fourth-order valence-corrected chi connectivity index (χ4v) is 5.62. The number of carbonyl (C=O) groups is 1. The fourth-order valence-electron chi connectivity index (χ4n) is 4.59. The predicted molar refractivity (Wildman–Crippen MR) is 144 cm³/mol. The number of nitrogens with zero attached hydrogens (tertiary/aromatic N) is 2. The lowest BCUT2D eigenvalue weighted by molar-refractivity contribution is -0.139. The van der Waals surface area contributed by atoms with Gasteiger partial charge in [0.1, 0.15) is 11.5 Å². The van der Waals surface area contributed by atoms with Gasteiger partial charge in [0.05, 0.1) is 35.1 Å². The number of allylic oxidation sites excluding steroid dienone is 1. The lowest BCUT2D eigenvalue weighted by Crippen LogP contribution is -2.39. The van der Waals surface area contributed by atoms with Crippen molar-refractivity contribution < 1.29 is 19.4 Å². The van der Waals surface area contributed by atoms with Crippen LogP contribution in [-0.4, -0.2) is 28.9 Å². The summed E-state index contributed by atoms with van der Waals surface area (Å²) in [7, 11) is 0. The van der Waals surface area contributed by atoms with E-state index in [1.54, 1.807) is 26.0 Å². The van der Waals surface area contributed by atoms with E-state index in [1.807, 2.05) is 61.5 Å². The summed E-state index contributed by atoms with van der Waals surface area (Å²) < 4.78 is 12.9. The Labute approximate surface area is 217 Å². The van der Waals surface area contributed by atoms with Crippen LogP contribution < -0.4 is 19.6 Å². The third-order valence-electron chi connectivity index (χ3n) is 6.25. The van der Waals surface area contributed by atoms with Gasteiger partial charge in [0.25, 0.3) is 5.56 Å². The van der Waals surface area contributed by atoms with Crippen molar-refractivity contribution in [2.24, 2.45) is 4.99 Å². The van der Waals surface area contributed by atoms with Crippen LogP contribution in [0.4, 0.5) is 0 Å². The van der Waals surface area contributed by atoms with Gasteiger partial charge in [0.15, 0.2) is 4.80 Å². The second-order valence-corrected chi connectivity index (χ2v) is 9.53. The highest BCUT2D eigenvalue weighted by Crippen LogP contribution is 2.32. The molecule has 37 heavy (non-hydrogen) atoms. The van der Waals surface area contributed by atoms with E-state index in [0.29, 0.717) is 38.5 Å². The average Bonchev–Trinajstić information content (AvgIpc) is 3.20. The normalized spacial score (nSPS) is 15.4. The minimum Gasteiger partial charge on any atom is -0.507 e. The number of hydrogen-bond acceptors (Lipinski definition) is 7. The van der Waals surface area contributed by atoms with Crippen molar-refractivity contribution >= 4 is 34.2 Å². The monoisotopic (exact) mass is 514 g/mol. The number of phenolic OH excluding ortho intramolecular Hbond substituents is 1. The Morgan fingerprint density at radius 3 is 2.57 bits per heavy atom. The Kier molecular flexibility index (Phi) is 6.67. The van der Waals surface area contributed by atoms with Crippen LogP contribution in [0.3, 0.4) is 0 Å². The maximum absolute atomic E-state index is 13.9. The Bertz CT molecular complexity index is 1710. The molecule has 1 aliphatic rings. The van der Waals surface area contributed by atoms with Gasteiger partial charge in [0.2, 0.25) is 0 Å². The summed E-state index contributed by atoms with van der Waals surface area (Å²) in [6, 6.07) is 17.8. The molecule has 0 spiro atoms. The quantitative estimate of drug-likeness (QED) is 0.392. The SMILES string of the molecule is CCOC(=O)C1=C(C)N=c2s/c(=C\c3c(O)ccc4ccccc34)c(=O)n2[C@@H]1c1ccc(OCC)cc1. The van der Waals surface area contributed by atoms with E-state index in [9.17, 15) is 14.7 Å². The van der Waals surface area contributed by atoms with Crippen LogP contribution in [0.1, 0.15) is 37.9 Å². The average molecular weight is 515 g/mol. The van der Waals surface area contributed by atoms with E-state index >= 15 is 0 Å². The van der Waals surface area contributed by atoms with Crippen LogP contribution in [0.2, 0.25) is 0 Å². The van der Waals surface area contributed by atoms with Crippen molar-refractivity contribution in [1.29, 1.82) is 0 Å². The molecule has 1 aromatic heterocycles. The molecule has 2 heterocycles. The summed E-state index contributed by atoms with van der Waals surface area (Å²) in [6.07, 6.45) is 1.69. The van der Waals surface area contributed by atoms with Crippen LogP contribution in [0.5, 0.6) is 11.5 Å². The van der Waals surface area contributed by atoms with Gasteiger partial charge in [0, 0.05) is 5.56 Å². The number of fused-ring (bicyclic) bond motifs is 2. The highest BCUT2D eigenvalue weighted by Gasteiger charge is 2.33. The zero-order valence-corrected chi connectivity index (χ0v) is 21.5. The van der Waals surface area contributed by atoms with Crippen molar-refractivity contribution in [2.45, 2.75) is 26.8 Å². The number of esters is 1. The molecular weight excluding hydrogens is 488 g/mol. The topological polar surface area (TPSA) is 90.1 Å². The van der Waals surface area contributed by atoms with Crippen LogP contribution in [-0.2, 0) is 9.53 Å². The highest BCUT2D eigenvalue weighted by molar-refractivity contribution is 7.07. The van der Waals surface area contributed by atoms with Crippen LogP contribution in [0.25, 0.3) is 16.8 Å². The third kappa shape index (κ3) is 4.44. The molecule has 0 aliphatic carbocycles. The molecule has 5 rings (SSSR count). The summed E-state index contributed by atoms with van der Waals surface area (Å²) in [6.45, 7) is 6.14. The van der Waals surface area contributed by atoms with Crippen LogP contribution >= 0.6 is 11.3 Å². The molecule has 1 N–H and O–H groups in total. The molecule has 0 saturated heterocycles. The van der Waals surface area contributed by atoms with Crippen molar-refractivity contribution in [3.05, 3.63) is 103 Å². The highest BCUT2D eigenvalue weighted by atomic mass is 32.1. The minimum atomic E-state index is -0.714. The maximum atomic E-state index is 13.9. The van der Waals surface area contributed by atoms with Crippen LogP contribution in [0.15, 0.2) is 81.7 Å². The van der Waals surface area contributed by atoms with E-state index in [2.05, 4.69) is 4.99 Å². The zero-order chi connectivity index (χ0) is 26.1. The van der Waals surface area contributed by atoms with Gasteiger partial charge < -0.3 is 14.6 Å². The summed E-state index contributed by atoms with van der Waals surface area (Å²) in [5, 5.41) is 12.4. The second-order valence-electron chi connectivity index (χ2n) is 8.52. The molecular formula is C29H26N2O5S. The Balaban J connectivity index is 1.74. The molecule has 7 nitrogen and oxygen atoms in total. The lowest BCUT2D eigenvalue weighted by atomic mass is 9.96. The van der Waals surface area contributed by atoms with Gasteiger partial charge in [-0.25, -0.2) is 9.79 Å². The zero-order valence-electron chi connectivity index (χ0n) is 20.7. The van der Waals surface area contributed by atoms with E-state index in [0.717, 1.165) is 16.3 Å². The van der Waals surface area contributed by atoms with Gasteiger partial charge in [-0.3, -0.25) is 9.36 Å². The minimum absolute atomic E-state index is 0.0796. The Morgan fingerprint density at radius 1 is 1.08 bits per heavy atom. The molecule has 8 heteroatoms. The Morgan fingerprint density at radius 2 is 1.84 bits per heavy atom. The first-order valence-electron chi connectivity index (χ1n) is 12.1. The van der Waals surface area contributed by atoms with Gasteiger partial charge in [-0.05, 0) is 61.4 Å². The summed E-state index contributed by atoms with van der Waals surface area (Å²) >= 11 is 1.22. The van der Waals surface area contributed by atoms with Crippen molar-refractivity contribution in [3.63, 3.8) is 0 Å². The summed E-state index contributed by atoms with van der Waals surface area (Å²) in [5.41, 5.74) is 1.81. The van der Waals surface area contributed by atoms with Crippen molar-refractivity contribution in [1.82, 2.24) is 4.57 Å². The van der Waals surface area contributed by atoms with E-state index in [1.165, 1.54) is 15.9 Å². The Hall–Kier alpha value is -4.17. The fraction of sp³-hybridized carbons (Fsp3) is 0.207. The van der Waals surface area contributed by atoms with Crippen molar-refractivity contribution in [3.8, 4) is 11.5 Å². The third-order valence-corrected chi connectivity index (χ3v) is 7.23. The van der Waals surface area contributed by atoms with Gasteiger partial charge in [-0.15, -0.1) is 0 Å². The lowest BCUT2D eigenvalue weighted by Gasteiger charge is -2.24. The second kappa shape index (κ2) is 10.1. The first kappa shape index (κ1) is 24.5. The predicted octanol–water partition coefficient (Wildman–Crippen LogP) is 4.06. The number of ether oxygens (including phenoxy) is 2. The largest absolute Gasteiger partial charge is 0.507 e. The smallest absolute Gasteiger partial charge is 0.338 e. The molecule has 4 aromatic rings. The first-order chi connectivity index (χ1) is 17.9. The van der Waals surface area contributed by atoms with Crippen molar-refractivity contribution in [2.75, 3.05) is 13.2 Å². The standard InChI is InChI=1S/C29H26N2O5S/c1-4-35-20-13-10-19(11-14-20)26-25(28(34)36-5-2)17(3)30-29-31(26)27(33)24(37-29)16-22-21-9-7-6-8-18(21)12-15-23(22)32/h6-16,26,32H,4-5H2,1-3H3/b24-16-/t26-/m1/s1. The molecule has 0 bridgehead atoms. The first-order valence-corrected chi connectivity index (χ1v) is 12.9. The number of carbonyl (C=O) groups excluding carboxylic acids is 1. The summed E-state index contributed by atoms with van der Waals surface area (Å²) in [5.74, 6) is 0.267. The molecule has 0 fully saturated rings. The number of aromatic hydroxyl groups is 1. The van der Waals surface area contributed by atoms with Gasteiger partial charge in [-0.2, -0.15) is 0 Å². The number of thiazole rings is 1. The van der Waals surface area contributed by atoms with E-state index in [-0.39, 0.29) is 17.9 Å². The van der Waals surface area contributed by atoms with E-state index in [4.69, 9.17) is 9.47 Å². The molecule has 0 unspecified atom stereocenters. The number of phenols is 1. The van der Waals surface area contributed by atoms with Gasteiger partial charge in [-0.1, -0.05) is 53.8 Å². The van der Waals surface area contributed by atoms with E-state index < -0.39 is 12.0 Å². The maximum Gasteiger partial charge on any atom is 0.338 e. The number of rotatable bonds is 6. The van der Waals surface area contributed by atoms with Crippen LogP contribution in [0, 0.1) is 0 Å². The molecule has 3 aromatic carbocycles.